The molecule has 0 aliphatic heterocycles. The van der Waals surface area contributed by atoms with E-state index in [0.29, 0.717) is 18.7 Å². The SMILES string of the molecule is COC(=O)C(CNC1CC(OC)C1)c1ccccc1. The maximum absolute atomic E-state index is 11.9. The molecule has 4 nitrogen and oxygen atoms in total. The van der Waals surface area contributed by atoms with Gasteiger partial charge in [0.25, 0.3) is 0 Å². The van der Waals surface area contributed by atoms with Crippen LogP contribution in [0.1, 0.15) is 24.3 Å². The first kappa shape index (κ1) is 14.0. The summed E-state index contributed by atoms with van der Waals surface area (Å²) >= 11 is 0. The highest BCUT2D eigenvalue weighted by atomic mass is 16.5. The zero-order valence-corrected chi connectivity index (χ0v) is 11.5. The van der Waals surface area contributed by atoms with E-state index in [1.807, 2.05) is 30.3 Å². The first-order chi connectivity index (χ1) is 9.24. The zero-order chi connectivity index (χ0) is 13.7. The molecule has 4 heteroatoms. The van der Waals surface area contributed by atoms with Crippen LogP contribution in [0.5, 0.6) is 0 Å². The molecule has 2 rings (SSSR count). The van der Waals surface area contributed by atoms with Gasteiger partial charge in [0.15, 0.2) is 0 Å². The van der Waals surface area contributed by atoms with E-state index in [9.17, 15) is 4.79 Å². The van der Waals surface area contributed by atoms with Crippen molar-refractivity contribution in [2.75, 3.05) is 20.8 Å². The molecule has 104 valence electrons. The first-order valence-corrected chi connectivity index (χ1v) is 6.63. The molecule has 1 saturated carbocycles. The van der Waals surface area contributed by atoms with E-state index in [-0.39, 0.29) is 11.9 Å². The van der Waals surface area contributed by atoms with Gasteiger partial charge in [-0.05, 0) is 18.4 Å². The minimum atomic E-state index is -0.243. The van der Waals surface area contributed by atoms with Gasteiger partial charge in [-0.25, -0.2) is 0 Å². The molecule has 1 aliphatic rings. The number of hydrogen-bond donors (Lipinski definition) is 1. The lowest BCUT2D eigenvalue weighted by atomic mass is 9.88. The van der Waals surface area contributed by atoms with Crippen molar-refractivity contribution >= 4 is 5.97 Å². The summed E-state index contributed by atoms with van der Waals surface area (Å²) in [7, 11) is 3.17. The van der Waals surface area contributed by atoms with Gasteiger partial charge in [-0.3, -0.25) is 4.79 Å². The van der Waals surface area contributed by atoms with Crippen molar-refractivity contribution in [1.29, 1.82) is 0 Å². The quantitative estimate of drug-likeness (QED) is 0.794. The summed E-state index contributed by atoms with van der Waals surface area (Å²) in [6.45, 7) is 0.609. The minimum Gasteiger partial charge on any atom is -0.469 e. The first-order valence-electron chi connectivity index (χ1n) is 6.63. The summed E-state index contributed by atoms with van der Waals surface area (Å²) in [6.07, 6.45) is 2.39. The normalized spacial score (nSPS) is 23.5. The maximum Gasteiger partial charge on any atom is 0.314 e. The molecule has 0 spiro atoms. The molecule has 1 N–H and O–H groups in total. The third-order valence-corrected chi connectivity index (χ3v) is 3.73. The van der Waals surface area contributed by atoms with Gasteiger partial charge < -0.3 is 14.8 Å². The Morgan fingerprint density at radius 3 is 2.58 bits per heavy atom. The van der Waals surface area contributed by atoms with Gasteiger partial charge in [-0.15, -0.1) is 0 Å². The van der Waals surface area contributed by atoms with E-state index >= 15 is 0 Å². The Morgan fingerprint density at radius 1 is 1.32 bits per heavy atom. The highest BCUT2D eigenvalue weighted by molar-refractivity contribution is 5.78. The molecule has 0 saturated heterocycles. The standard InChI is InChI=1S/C15H21NO3/c1-18-13-8-12(9-13)16-10-14(15(17)19-2)11-6-4-3-5-7-11/h3-7,12-14,16H,8-10H2,1-2H3. The van der Waals surface area contributed by atoms with Crippen molar-refractivity contribution in [2.45, 2.75) is 30.9 Å². The molecule has 1 atom stereocenters. The number of hydrogen-bond acceptors (Lipinski definition) is 4. The minimum absolute atomic E-state index is 0.193. The number of carbonyl (C=O) groups is 1. The number of methoxy groups -OCH3 is 2. The van der Waals surface area contributed by atoms with Gasteiger partial charge in [-0.1, -0.05) is 30.3 Å². The average Bonchev–Trinajstić information content (AvgIpc) is 2.41. The van der Waals surface area contributed by atoms with E-state index in [2.05, 4.69) is 5.32 Å². The van der Waals surface area contributed by atoms with Gasteiger partial charge in [0.05, 0.1) is 19.1 Å². The van der Waals surface area contributed by atoms with Crippen molar-refractivity contribution in [3.8, 4) is 0 Å². The van der Waals surface area contributed by atoms with Gasteiger partial charge in [0.1, 0.15) is 0 Å². The van der Waals surface area contributed by atoms with E-state index in [0.717, 1.165) is 18.4 Å². The topological polar surface area (TPSA) is 47.6 Å². The zero-order valence-electron chi connectivity index (χ0n) is 11.5. The van der Waals surface area contributed by atoms with Crippen molar-refractivity contribution in [2.24, 2.45) is 0 Å². The monoisotopic (exact) mass is 263 g/mol. The van der Waals surface area contributed by atoms with Gasteiger partial charge in [0.2, 0.25) is 0 Å². The van der Waals surface area contributed by atoms with Crippen LogP contribution in [0.25, 0.3) is 0 Å². The van der Waals surface area contributed by atoms with Gasteiger partial charge in [0, 0.05) is 19.7 Å². The third kappa shape index (κ3) is 3.55. The van der Waals surface area contributed by atoms with E-state index in [1.165, 1.54) is 7.11 Å². The fourth-order valence-corrected chi connectivity index (χ4v) is 2.37. The Morgan fingerprint density at radius 2 is 2.00 bits per heavy atom. The van der Waals surface area contributed by atoms with Crippen LogP contribution in [0.4, 0.5) is 0 Å². The number of esters is 1. The Balaban J connectivity index is 1.90. The molecular formula is C15H21NO3. The van der Waals surface area contributed by atoms with Crippen molar-refractivity contribution in [1.82, 2.24) is 5.32 Å². The summed E-state index contributed by atoms with van der Waals surface area (Å²) in [5.74, 6) is -0.436. The molecule has 1 aromatic rings. The second-order valence-corrected chi connectivity index (χ2v) is 4.92. The molecule has 0 heterocycles. The highest BCUT2D eigenvalue weighted by Crippen LogP contribution is 2.24. The second kappa shape index (κ2) is 6.68. The Kier molecular flexibility index (Phi) is 4.93. The van der Waals surface area contributed by atoms with E-state index < -0.39 is 0 Å². The number of rotatable bonds is 6. The van der Waals surface area contributed by atoms with Crippen LogP contribution in [0, 0.1) is 0 Å². The Bertz CT molecular complexity index is 401. The van der Waals surface area contributed by atoms with Crippen LogP contribution >= 0.6 is 0 Å². The van der Waals surface area contributed by atoms with Crippen LogP contribution in [-0.2, 0) is 14.3 Å². The average molecular weight is 263 g/mol. The van der Waals surface area contributed by atoms with Crippen molar-refractivity contribution in [3.63, 3.8) is 0 Å². The molecular weight excluding hydrogens is 242 g/mol. The largest absolute Gasteiger partial charge is 0.469 e. The number of ether oxygens (including phenoxy) is 2. The lowest BCUT2D eigenvalue weighted by Gasteiger charge is -2.35. The predicted molar refractivity (Wildman–Crippen MR) is 73.0 cm³/mol. The van der Waals surface area contributed by atoms with Crippen LogP contribution in [0.2, 0.25) is 0 Å². The highest BCUT2D eigenvalue weighted by Gasteiger charge is 2.30. The van der Waals surface area contributed by atoms with Crippen LogP contribution in [0.15, 0.2) is 30.3 Å². The molecule has 0 aromatic heterocycles. The summed E-state index contributed by atoms with van der Waals surface area (Å²) in [6, 6.07) is 10.2. The van der Waals surface area contributed by atoms with Gasteiger partial charge >= 0.3 is 5.97 Å². The molecule has 0 amide bonds. The summed E-state index contributed by atoms with van der Waals surface area (Å²) in [5, 5.41) is 3.42. The molecule has 0 bridgehead atoms. The fraction of sp³-hybridized carbons (Fsp3) is 0.533. The molecule has 19 heavy (non-hydrogen) atoms. The van der Waals surface area contributed by atoms with Gasteiger partial charge in [-0.2, -0.15) is 0 Å². The van der Waals surface area contributed by atoms with Crippen LogP contribution in [0.3, 0.4) is 0 Å². The molecule has 1 aromatic carbocycles. The molecule has 1 aliphatic carbocycles. The molecule has 1 unspecified atom stereocenters. The third-order valence-electron chi connectivity index (χ3n) is 3.73. The number of benzene rings is 1. The number of nitrogens with one attached hydrogen (secondary N) is 1. The van der Waals surface area contributed by atoms with Crippen LogP contribution in [-0.4, -0.2) is 38.9 Å². The lowest BCUT2D eigenvalue weighted by Crippen LogP contribution is -2.47. The summed E-state index contributed by atoms with van der Waals surface area (Å²) in [4.78, 5) is 11.9. The maximum atomic E-state index is 11.9. The summed E-state index contributed by atoms with van der Waals surface area (Å²) < 4.78 is 10.1. The van der Waals surface area contributed by atoms with E-state index in [1.54, 1.807) is 7.11 Å². The molecule has 0 radical (unpaired) electrons. The lowest BCUT2D eigenvalue weighted by molar-refractivity contribution is -0.142. The summed E-state index contributed by atoms with van der Waals surface area (Å²) in [5.41, 5.74) is 0.990. The Labute approximate surface area is 114 Å². The van der Waals surface area contributed by atoms with Crippen LogP contribution < -0.4 is 5.32 Å². The fourth-order valence-electron chi connectivity index (χ4n) is 2.37. The van der Waals surface area contributed by atoms with E-state index in [4.69, 9.17) is 9.47 Å². The number of carbonyl (C=O) groups excluding carboxylic acids is 1. The smallest absolute Gasteiger partial charge is 0.314 e. The second-order valence-electron chi connectivity index (χ2n) is 4.92. The van der Waals surface area contributed by atoms with Crippen molar-refractivity contribution in [3.05, 3.63) is 35.9 Å². The molecule has 1 fully saturated rings. The Hall–Kier alpha value is -1.39. The van der Waals surface area contributed by atoms with Crippen molar-refractivity contribution < 1.29 is 14.3 Å². The predicted octanol–water partition coefficient (Wildman–Crippen LogP) is 1.71.